The van der Waals surface area contributed by atoms with E-state index in [1.807, 2.05) is 19.2 Å². The Bertz CT molecular complexity index is 430. The Balaban J connectivity index is 2.80. The molecule has 0 amide bonds. The number of halogens is 1. The van der Waals surface area contributed by atoms with Crippen molar-refractivity contribution in [1.82, 2.24) is 5.32 Å². The number of nitrogens with one attached hydrogen (secondary N) is 1. The quantitative estimate of drug-likeness (QED) is 0.787. The number of nitriles is 1. The van der Waals surface area contributed by atoms with Gasteiger partial charge in [0, 0.05) is 13.0 Å². The summed E-state index contributed by atoms with van der Waals surface area (Å²) in [5.41, 5.74) is 1.12. The fourth-order valence-electron chi connectivity index (χ4n) is 1.54. The van der Waals surface area contributed by atoms with E-state index in [0.29, 0.717) is 30.9 Å². The molecular formula is C13H17BrN2O2. The van der Waals surface area contributed by atoms with E-state index in [9.17, 15) is 0 Å². The first-order valence-corrected chi connectivity index (χ1v) is 6.53. The molecule has 0 atom stereocenters. The number of ether oxygens (including phenoxy) is 2. The molecule has 0 aliphatic rings. The first-order valence-electron chi connectivity index (χ1n) is 5.73. The smallest absolute Gasteiger partial charge is 0.175 e. The Morgan fingerprint density at radius 1 is 1.44 bits per heavy atom. The van der Waals surface area contributed by atoms with Crippen LogP contribution in [-0.2, 0) is 6.54 Å². The van der Waals surface area contributed by atoms with Crippen molar-refractivity contribution in [2.75, 3.05) is 20.8 Å². The predicted molar refractivity (Wildman–Crippen MR) is 73.8 cm³/mol. The lowest BCUT2D eigenvalue weighted by atomic mass is 10.2. The minimum atomic E-state index is 0.498. The van der Waals surface area contributed by atoms with Crippen LogP contribution >= 0.6 is 15.9 Å². The Hall–Kier alpha value is -1.25. The Morgan fingerprint density at radius 2 is 2.22 bits per heavy atom. The summed E-state index contributed by atoms with van der Waals surface area (Å²) < 4.78 is 11.8. The van der Waals surface area contributed by atoms with Crippen LogP contribution in [0.5, 0.6) is 11.5 Å². The van der Waals surface area contributed by atoms with Crippen molar-refractivity contribution in [3.8, 4) is 17.6 Å². The van der Waals surface area contributed by atoms with Crippen LogP contribution in [0.15, 0.2) is 16.6 Å². The lowest BCUT2D eigenvalue weighted by Gasteiger charge is -2.14. The van der Waals surface area contributed by atoms with Crippen molar-refractivity contribution < 1.29 is 9.47 Å². The van der Waals surface area contributed by atoms with Crippen LogP contribution in [-0.4, -0.2) is 20.8 Å². The molecule has 5 heteroatoms. The maximum absolute atomic E-state index is 8.47. The minimum absolute atomic E-state index is 0.498. The highest BCUT2D eigenvalue weighted by Crippen LogP contribution is 2.36. The van der Waals surface area contributed by atoms with Crippen LogP contribution in [0.1, 0.15) is 18.4 Å². The second-order valence-corrected chi connectivity index (χ2v) is 4.60. The van der Waals surface area contributed by atoms with Crippen molar-refractivity contribution in [1.29, 1.82) is 5.26 Å². The standard InChI is InChI=1S/C13H17BrN2O2/c1-16-9-10-7-11(14)13(12(8-10)17-2)18-6-4-3-5-15/h7-8,16H,3-4,6,9H2,1-2H3. The maximum atomic E-state index is 8.47. The van der Waals surface area contributed by atoms with E-state index in [-0.39, 0.29) is 0 Å². The van der Waals surface area contributed by atoms with Crippen molar-refractivity contribution in [3.63, 3.8) is 0 Å². The second kappa shape index (κ2) is 7.96. The van der Waals surface area contributed by atoms with E-state index >= 15 is 0 Å². The number of methoxy groups -OCH3 is 1. The number of hydrogen-bond donors (Lipinski definition) is 1. The molecule has 98 valence electrons. The largest absolute Gasteiger partial charge is 0.493 e. The molecule has 1 rings (SSSR count). The zero-order chi connectivity index (χ0) is 13.4. The molecule has 0 radical (unpaired) electrons. The third-order valence-corrected chi connectivity index (χ3v) is 2.94. The van der Waals surface area contributed by atoms with E-state index in [1.165, 1.54) is 0 Å². The fraction of sp³-hybridized carbons (Fsp3) is 0.462. The summed E-state index contributed by atoms with van der Waals surface area (Å²) in [5.74, 6) is 1.39. The lowest BCUT2D eigenvalue weighted by Crippen LogP contribution is -2.06. The summed E-state index contributed by atoms with van der Waals surface area (Å²) in [5, 5.41) is 11.6. The van der Waals surface area contributed by atoms with Gasteiger partial charge in [0.25, 0.3) is 0 Å². The number of unbranched alkanes of at least 4 members (excludes halogenated alkanes) is 1. The molecule has 1 N–H and O–H groups in total. The van der Waals surface area contributed by atoms with Crippen LogP contribution in [0.25, 0.3) is 0 Å². The average molecular weight is 313 g/mol. The SMILES string of the molecule is CNCc1cc(Br)c(OCCCC#N)c(OC)c1. The van der Waals surface area contributed by atoms with Crippen LogP contribution < -0.4 is 14.8 Å². The van der Waals surface area contributed by atoms with Gasteiger partial charge >= 0.3 is 0 Å². The number of rotatable bonds is 7. The molecule has 0 fully saturated rings. The third kappa shape index (κ3) is 4.21. The van der Waals surface area contributed by atoms with E-state index in [1.54, 1.807) is 7.11 Å². The Labute approximate surface area is 116 Å². The summed E-state index contributed by atoms with van der Waals surface area (Å²) >= 11 is 3.48. The number of nitrogens with zero attached hydrogens (tertiary/aromatic N) is 1. The van der Waals surface area contributed by atoms with Crippen LogP contribution in [0.2, 0.25) is 0 Å². The molecule has 0 unspecified atom stereocenters. The van der Waals surface area contributed by atoms with Crippen LogP contribution in [0.4, 0.5) is 0 Å². The van der Waals surface area contributed by atoms with E-state index < -0.39 is 0 Å². The van der Waals surface area contributed by atoms with Crippen LogP contribution in [0, 0.1) is 11.3 Å². The lowest BCUT2D eigenvalue weighted by molar-refractivity contribution is 0.288. The van der Waals surface area contributed by atoms with Gasteiger partial charge in [0.15, 0.2) is 11.5 Å². The van der Waals surface area contributed by atoms with Gasteiger partial charge in [-0.25, -0.2) is 0 Å². The highest BCUT2D eigenvalue weighted by molar-refractivity contribution is 9.10. The van der Waals surface area contributed by atoms with Crippen molar-refractivity contribution in [3.05, 3.63) is 22.2 Å². The maximum Gasteiger partial charge on any atom is 0.175 e. The van der Waals surface area contributed by atoms with Gasteiger partial charge in [-0.05, 0) is 47.1 Å². The molecule has 0 aliphatic carbocycles. The molecule has 4 nitrogen and oxygen atoms in total. The average Bonchev–Trinajstić information content (AvgIpc) is 2.36. The zero-order valence-corrected chi connectivity index (χ0v) is 12.2. The van der Waals surface area contributed by atoms with E-state index in [4.69, 9.17) is 14.7 Å². The van der Waals surface area contributed by atoms with Gasteiger partial charge in [0.1, 0.15) is 0 Å². The Morgan fingerprint density at radius 3 is 2.83 bits per heavy atom. The summed E-state index contributed by atoms with van der Waals surface area (Å²) in [6.07, 6.45) is 1.21. The van der Waals surface area contributed by atoms with Crippen molar-refractivity contribution >= 4 is 15.9 Å². The van der Waals surface area contributed by atoms with E-state index in [0.717, 1.165) is 16.6 Å². The zero-order valence-electron chi connectivity index (χ0n) is 10.6. The third-order valence-electron chi connectivity index (χ3n) is 2.35. The minimum Gasteiger partial charge on any atom is -0.493 e. The molecule has 0 heterocycles. The van der Waals surface area contributed by atoms with E-state index in [2.05, 4.69) is 27.3 Å². The molecule has 0 saturated carbocycles. The molecule has 0 saturated heterocycles. The van der Waals surface area contributed by atoms with Gasteiger partial charge in [-0.3, -0.25) is 0 Å². The Kier molecular flexibility index (Phi) is 6.55. The summed E-state index contributed by atoms with van der Waals surface area (Å²) in [7, 11) is 3.51. The topological polar surface area (TPSA) is 54.3 Å². The molecule has 0 spiro atoms. The second-order valence-electron chi connectivity index (χ2n) is 3.75. The van der Waals surface area contributed by atoms with Gasteiger partial charge in [0.05, 0.1) is 24.3 Å². The molecule has 1 aromatic carbocycles. The highest BCUT2D eigenvalue weighted by Gasteiger charge is 2.11. The van der Waals surface area contributed by atoms with Gasteiger partial charge in [0.2, 0.25) is 0 Å². The fourth-order valence-corrected chi connectivity index (χ4v) is 2.15. The van der Waals surface area contributed by atoms with Crippen LogP contribution in [0.3, 0.4) is 0 Å². The molecule has 1 aromatic rings. The highest BCUT2D eigenvalue weighted by atomic mass is 79.9. The molecule has 0 aliphatic heterocycles. The first kappa shape index (κ1) is 14.8. The number of benzene rings is 1. The van der Waals surface area contributed by atoms with Crippen molar-refractivity contribution in [2.24, 2.45) is 0 Å². The summed E-state index contributed by atoms with van der Waals surface area (Å²) in [4.78, 5) is 0. The molecule has 0 bridgehead atoms. The normalized spacial score (nSPS) is 9.89. The first-order chi connectivity index (χ1) is 8.72. The predicted octanol–water partition coefficient (Wildman–Crippen LogP) is 2.86. The van der Waals surface area contributed by atoms with Gasteiger partial charge in [-0.2, -0.15) is 5.26 Å². The van der Waals surface area contributed by atoms with Gasteiger partial charge in [-0.1, -0.05) is 0 Å². The van der Waals surface area contributed by atoms with Crippen molar-refractivity contribution in [2.45, 2.75) is 19.4 Å². The summed E-state index contributed by atoms with van der Waals surface area (Å²) in [6, 6.07) is 6.04. The molecular weight excluding hydrogens is 296 g/mol. The molecule has 18 heavy (non-hydrogen) atoms. The van der Waals surface area contributed by atoms with Gasteiger partial charge < -0.3 is 14.8 Å². The molecule has 0 aromatic heterocycles. The summed E-state index contributed by atoms with van der Waals surface area (Å²) in [6.45, 7) is 1.28. The number of hydrogen-bond acceptors (Lipinski definition) is 4. The monoisotopic (exact) mass is 312 g/mol. The van der Waals surface area contributed by atoms with Gasteiger partial charge in [-0.15, -0.1) is 0 Å².